The van der Waals surface area contributed by atoms with Gasteiger partial charge in [-0.3, -0.25) is 10.1 Å². The Balaban J connectivity index is 1.74. The van der Waals surface area contributed by atoms with E-state index in [-0.39, 0.29) is 5.91 Å². The number of carbonyl (C=O) groups excluding carboxylic acids is 1. The van der Waals surface area contributed by atoms with Gasteiger partial charge in [-0.1, -0.05) is 29.0 Å². The molecule has 0 unspecified atom stereocenters. The molecule has 0 saturated carbocycles. The number of halogens is 1. The Morgan fingerprint density at radius 1 is 1.35 bits per heavy atom. The lowest BCUT2D eigenvalue weighted by Gasteiger charge is -1.94. The van der Waals surface area contributed by atoms with Crippen LogP contribution < -0.4 is 5.32 Å². The van der Waals surface area contributed by atoms with Crippen molar-refractivity contribution >= 4 is 61.6 Å². The van der Waals surface area contributed by atoms with Crippen molar-refractivity contribution in [1.29, 1.82) is 0 Å². The molecule has 0 aliphatic rings. The average Bonchev–Trinajstić information content (AvgIpc) is 3.04. The topological polar surface area (TPSA) is 42.0 Å². The highest BCUT2D eigenvalue weighted by molar-refractivity contribution is 7.22. The zero-order valence-electron chi connectivity index (χ0n) is 10.2. The molecule has 3 rings (SSSR count). The van der Waals surface area contributed by atoms with Crippen molar-refractivity contribution in [2.75, 3.05) is 5.32 Å². The molecule has 6 heteroatoms. The average molecular weight is 321 g/mol. The second-order valence-electron chi connectivity index (χ2n) is 3.97. The van der Waals surface area contributed by atoms with Crippen molar-refractivity contribution in [3.8, 4) is 0 Å². The highest BCUT2D eigenvalue weighted by Crippen LogP contribution is 2.28. The number of nitrogens with zero attached hydrogens (tertiary/aromatic N) is 1. The van der Waals surface area contributed by atoms with E-state index >= 15 is 0 Å². The maximum absolute atomic E-state index is 11.8. The minimum atomic E-state index is -0.191. The van der Waals surface area contributed by atoms with Crippen LogP contribution in [0.4, 0.5) is 5.13 Å². The van der Waals surface area contributed by atoms with E-state index in [1.165, 1.54) is 17.4 Å². The first-order valence-electron chi connectivity index (χ1n) is 5.79. The van der Waals surface area contributed by atoms with Crippen LogP contribution in [0.5, 0.6) is 0 Å². The summed E-state index contributed by atoms with van der Waals surface area (Å²) in [6.45, 7) is 0. The normalized spacial score (nSPS) is 11.2. The molecule has 2 aromatic heterocycles. The fourth-order valence-corrected chi connectivity index (χ4v) is 3.41. The van der Waals surface area contributed by atoms with Crippen LogP contribution in [0.1, 0.15) is 4.88 Å². The van der Waals surface area contributed by atoms with E-state index in [2.05, 4.69) is 10.3 Å². The van der Waals surface area contributed by atoms with Gasteiger partial charge in [-0.25, -0.2) is 4.98 Å². The fraction of sp³-hybridized carbons (Fsp3) is 0. The minimum absolute atomic E-state index is 0.191. The predicted molar refractivity (Wildman–Crippen MR) is 86.6 cm³/mol. The number of amides is 1. The van der Waals surface area contributed by atoms with Crippen LogP contribution >= 0.6 is 34.3 Å². The monoisotopic (exact) mass is 320 g/mol. The lowest BCUT2D eigenvalue weighted by atomic mass is 10.3. The molecule has 0 spiro atoms. The standard InChI is InChI=1S/C14H9ClN2OS2/c15-9-3-5-11-12(8-9)20-14(16-11)17-13(18)6-4-10-2-1-7-19-10/h1-8H,(H,16,17,18)/b6-4-. The van der Waals surface area contributed by atoms with Gasteiger partial charge < -0.3 is 0 Å². The van der Waals surface area contributed by atoms with Gasteiger partial charge in [-0.05, 0) is 35.7 Å². The van der Waals surface area contributed by atoms with Crippen LogP contribution in [0.3, 0.4) is 0 Å². The Morgan fingerprint density at radius 3 is 3.05 bits per heavy atom. The van der Waals surface area contributed by atoms with Crippen LogP contribution in [0.25, 0.3) is 16.3 Å². The molecular formula is C14H9ClN2OS2. The van der Waals surface area contributed by atoms with E-state index in [0.29, 0.717) is 10.2 Å². The second-order valence-corrected chi connectivity index (χ2v) is 6.42. The number of hydrogen-bond donors (Lipinski definition) is 1. The van der Waals surface area contributed by atoms with Gasteiger partial charge in [0.2, 0.25) is 5.91 Å². The number of aromatic nitrogens is 1. The highest BCUT2D eigenvalue weighted by Gasteiger charge is 2.06. The Morgan fingerprint density at radius 2 is 2.25 bits per heavy atom. The molecule has 0 radical (unpaired) electrons. The van der Waals surface area contributed by atoms with Crippen molar-refractivity contribution < 1.29 is 4.79 Å². The van der Waals surface area contributed by atoms with Crippen LogP contribution in [0, 0.1) is 0 Å². The van der Waals surface area contributed by atoms with Gasteiger partial charge in [0.25, 0.3) is 0 Å². The molecule has 100 valence electrons. The van der Waals surface area contributed by atoms with E-state index in [1.807, 2.05) is 29.6 Å². The highest BCUT2D eigenvalue weighted by atomic mass is 35.5. The first-order chi connectivity index (χ1) is 9.70. The van der Waals surface area contributed by atoms with E-state index < -0.39 is 0 Å². The van der Waals surface area contributed by atoms with Crippen LogP contribution in [0.15, 0.2) is 41.8 Å². The van der Waals surface area contributed by atoms with Gasteiger partial charge in [0.05, 0.1) is 10.2 Å². The van der Waals surface area contributed by atoms with Crippen LogP contribution in [0.2, 0.25) is 5.02 Å². The van der Waals surface area contributed by atoms with Crippen molar-refractivity contribution in [2.24, 2.45) is 0 Å². The zero-order valence-corrected chi connectivity index (χ0v) is 12.6. The molecule has 2 heterocycles. The largest absolute Gasteiger partial charge is 0.298 e. The number of fused-ring (bicyclic) bond motifs is 1. The molecule has 3 nitrogen and oxygen atoms in total. The molecule has 20 heavy (non-hydrogen) atoms. The minimum Gasteiger partial charge on any atom is -0.298 e. The Hall–Kier alpha value is -1.69. The number of rotatable bonds is 3. The molecule has 0 fully saturated rings. The molecule has 3 aromatic rings. The Labute approximate surface area is 128 Å². The SMILES string of the molecule is O=C(/C=C\c1cccs1)Nc1nc2ccc(Cl)cc2s1. The summed E-state index contributed by atoms with van der Waals surface area (Å²) < 4.78 is 0.954. The third kappa shape index (κ3) is 3.07. The fourth-order valence-electron chi connectivity index (χ4n) is 1.64. The number of nitrogens with one attached hydrogen (secondary N) is 1. The number of benzene rings is 1. The molecular weight excluding hydrogens is 312 g/mol. The number of thiazole rings is 1. The predicted octanol–water partition coefficient (Wildman–Crippen LogP) is 4.66. The zero-order chi connectivity index (χ0) is 13.9. The summed E-state index contributed by atoms with van der Waals surface area (Å²) in [5.74, 6) is -0.191. The first kappa shape index (κ1) is 13.3. The quantitative estimate of drug-likeness (QED) is 0.713. The van der Waals surface area contributed by atoms with Gasteiger partial charge in [0, 0.05) is 16.0 Å². The Kier molecular flexibility index (Phi) is 3.82. The summed E-state index contributed by atoms with van der Waals surface area (Å²) in [7, 11) is 0. The van der Waals surface area contributed by atoms with E-state index in [4.69, 9.17) is 11.6 Å². The number of carbonyl (C=O) groups is 1. The third-order valence-corrected chi connectivity index (χ3v) is 4.53. The summed E-state index contributed by atoms with van der Waals surface area (Å²) in [5, 5.41) is 5.96. The van der Waals surface area contributed by atoms with Gasteiger partial charge in [-0.15, -0.1) is 11.3 Å². The molecule has 0 aliphatic heterocycles. The molecule has 1 aromatic carbocycles. The maximum Gasteiger partial charge on any atom is 0.250 e. The summed E-state index contributed by atoms with van der Waals surface area (Å²) >= 11 is 8.91. The van der Waals surface area contributed by atoms with E-state index in [0.717, 1.165) is 15.1 Å². The van der Waals surface area contributed by atoms with Crippen LogP contribution in [-0.2, 0) is 4.79 Å². The number of thiophene rings is 1. The van der Waals surface area contributed by atoms with Crippen molar-refractivity contribution in [3.05, 3.63) is 51.7 Å². The maximum atomic E-state index is 11.8. The van der Waals surface area contributed by atoms with E-state index in [1.54, 1.807) is 23.5 Å². The Bertz CT molecular complexity index is 778. The smallest absolute Gasteiger partial charge is 0.250 e. The van der Waals surface area contributed by atoms with Crippen molar-refractivity contribution in [2.45, 2.75) is 0 Å². The molecule has 1 N–H and O–H groups in total. The van der Waals surface area contributed by atoms with Gasteiger partial charge in [0.1, 0.15) is 0 Å². The van der Waals surface area contributed by atoms with E-state index in [9.17, 15) is 4.79 Å². The van der Waals surface area contributed by atoms with Gasteiger partial charge in [0.15, 0.2) is 5.13 Å². The van der Waals surface area contributed by atoms with Crippen molar-refractivity contribution in [1.82, 2.24) is 4.98 Å². The lowest BCUT2D eigenvalue weighted by Crippen LogP contribution is -2.06. The van der Waals surface area contributed by atoms with Crippen molar-refractivity contribution in [3.63, 3.8) is 0 Å². The molecule has 0 atom stereocenters. The second kappa shape index (κ2) is 5.75. The first-order valence-corrected chi connectivity index (χ1v) is 7.87. The van der Waals surface area contributed by atoms with Gasteiger partial charge in [-0.2, -0.15) is 0 Å². The summed E-state index contributed by atoms with van der Waals surface area (Å²) in [6.07, 6.45) is 3.29. The molecule has 0 bridgehead atoms. The molecule has 1 amide bonds. The summed E-state index contributed by atoms with van der Waals surface area (Å²) in [6, 6.07) is 9.36. The summed E-state index contributed by atoms with van der Waals surface area (Å²) in [4.78, 5) is 17.2. The number of anilines is 1. The number of hydrogen-bond acceptors (Lipinski definition) is 4. The molecule has 0 aliphatic carbocycles. The third-order valence-electron chi connectivity index (χ3n) is 2.52. The van der Waals surface area contributed by atoms with Gasteiger partial charge >= 0.3 is 0 Å². The molecule has 0 saturated heterocycles. The lowest BCUT2D eigenvalue weighted by molar-refractivity contribution is -0.111. The van der Waals surface area contributed by atoms with Crippen LogP contribution in [-0.4, -0.2) is 10.9 Å². The summed E-state index contributed by atoms with van der Waals surface area (Å²) in [5.41, 5.74) is 0.830.